The van der Waals surface area contributed by atoms with Gasteiger partial charge in [0.05, 0.1) is 12.5 Å². The van der Waals surface area contributed by atoms with Crippen LogP contribution in [0.2, 0.25) is 0 Å². The van der Waals surface area contributed by atoms with Crippen molar-refractivity contribution in [3.63, 3.8) is 0 Å². The lowest BCUT2D eigenvalue weighted by Gasteiger charge is -2.08. The molecule has 0 aliphatic rings. The molecule has 1 aromatic carbocycles. The minimum atomic E-state index is -0.738. The van der Waals surface area contributed by atoms with Gasteiger partial charge in [0.25, 0.3) is 0 Å². The Morgan fingerprint density at radius 3 is 2.94 bits per heavy atom. The van der Waals surface area contributed by atoms with Crippen LogP contribution in [0.15, 0.2) is 18.2 Å². The maximum atomic E-state index is 10.9. The summed E-state index contributed by atoms with van der Waals surface area (Å²) in [5, 5.41) is 11.9. The van der Waals surface area contributed by atoms with Gasteiger partial charge in [-0.3, -0.25) is 4.21 Å². The highest BCUT2D eigenvalue weighted by atomic mass is 32.2. The van der Waals surface area contributed by atoms with E-state index in [-0.39, 0.29) is 0 Å². The first kappa shape index (κ1) is 13.5. The molecule has 1 aromatic rings. The lowest BCUT2D eigenvalue weighted by molar-refractivity contribution is 0.685. The lowest BCUT2D eigenvalue weighted by Crippen LogP contribution is -2.06. The average Bonchev–Trinajstić information content (AvgIpc) is 2.28. The fourth-order valence-corrected chi connectivity index (χ4v) is 2.01. The van der Waals surface area contributed by atoms with Crippen molar-refractivity contribution in [2.75, 3.05) is 29.6 Å². The highest BCUT2D eigenvalue weighted by Crippen LogP contribution is 2.18. The van der Waals surface area contributed by atoms with Crippen LogP contribution < -0.4 is 11.1 Å². The Balaban J connectivity index is 2.51. The summed E-state index contributed by atoms with van der Waals surface area (Å²) in [5.41, 5.74) is 8.19. The molecule has 4 nitrogen and oxygen atoms in total. The topological polar surface area (TPSA) is 78.9 Å². The number of anilines is 2. The van der Waals surface area contributed by atoms with E-state index in [0.717, 1.165) is 24.2 Å². The van der Waals surface area contributed by atoms with E-state index < -0.39 is 10.8 Å². The molecule has 92 valence electrons. The highest BCUT2D eigenvalue weighted by Gasteiger charge is 2.00. The Morgan fingerprint density at radius 2 is 2.29 bits per heavy atom. The van der Waals surface area contributed by atoms with Gasteiger partial charge in [0.15, 0.2) is 0 Å². The van der Waals surface area contributed by atoms with Crippen LogP contribution in [0.3, 0.4) is 0 Å². The van der Waals surface area contributed by atoms with Gasteiger partial charge < -0.3 is 11.1 Å². The summed E-state index contributed by atoms with van der Waals surface area (Å²) in [6, 6.07) is 7.66. The van der Waals surface area contributed by atoms with Gasteiger partial charge in [0.2, 0.25) is 0 Å². The van der Waals surface area contributed by atoms with Crippen LogP contribution >= 0.6 is 0 Å². The number of rotatable bonds is 6. The molecule has 0 aliphatic carbocycles. The number of nitrogen functional groups attached to an aromatic ring is 1. The second-order valence-electron chi connectivity index (χ2n) is 3.81. The highest BCUT2D eigenvalue weighted by molar-refractivity contribution is 7.84. The Labute approximate surface area is 104 Å². The van der Waals surface area contributed by atoms with Crippen molar-refractivity contribution in [1.82, 2.24) is 0 Å². The molecule has 3 N–H and O–H groups in total. The first-order chi connectivity index (χ1) is 8.13. The van der Waals surface area contributed by atoms with E-state index >= 15 is 0 Å². The van der Waals surface area contributed by atoms with E-state index in [1.165, 1.54) is 0 Å². The molecule has 0 saturated carbocycles. The number of nitrogens with one attached hydrogen (secondary N) is 1. The number of benzene rings is 1. The molecule has 0 bridgehead atoms. The van der Waals surface area contributed by atoms with Gasteiger partial charge in [-0.25, -0.2) is 0 Å². The zero-order valence-electron chi connectivity index (χ0n) is 9.90. The summed E-state index contributed by atoms with van der Waals surface area (Å²) in [6.45, 7) is 0.773. The monoisotopic (exact) mass is 251 g/mol. The molecule has 5 heteroatoms. The van der Waals surface area contributed by atoms with Gasteiger partial charge >= 0.3 is 0 Å². The minimum Gasteiger partial charge on any atom is -0.398 e. The van der Waals surface area contributed by atoms with Crippen molar-refractivity contribution in [1.29, 1.82) is 5.26 Å². The number of hydrogen-bond donors (Lipinski definition) is 2. The number of nitriles is 1. The molecule has 1 atom stereocenters. The maximum Gasteiger partial charge on any atom is 0.0670 e. The summed E-state index contributed by atoms with van der Waals surface area (Å²) in [7, 11) is -0.738. The second-order valence-corrected chi connectivity index (χ2v) is 5.36. The Hall–Kier alpha value is -1.54. The summed E-state index contributed by atoms with van der Waals surface area (Å²) in [5.74, 6) is 0.701. The van der Waals surface area contributed by atoms with E-state index in [4.69, 9.17) is 11.0 Å². The molecular weight excluding hydrogens is 234 g/mol. The molecule has 0 amide bonds. The minimum absolute atomic E-state index is 0.320. The van der Waals surface area contributed by atoms with Crippen LogP contribution in [-0.4, -0.2) is 22.8 Å². The Bertz CT molecular complexity index is 440. The van der Waals surface area contributed by atoms with E-state index in [9.17, 15) is 4.21 Å². The van der Waals surface area contributed by atoms with Crippen LogP contribution in [0.5, 0.6) is 0 Å². The van der Waals surface area contributed by atoms with Gasteiger partial charge in [-0.15, -0.1) is 0 Å². The third-order valence-electron chi connectivity index (χ3n) is 2.35. The van der Waals surface area contributed by atoms with E-state index in [1.807, 2.05) is 12.1 Å². The average molecular weight is 251 g/mol. The fraction of sp³-hybridized carbons (Fsp3) is 0.417. The quantitative estimate of drug-likeness (QED) is 0.593. The predicted molar refractivity (Wildman–Crippen MR) is 72.2 cm³/mol. The normalized spacial score (nSPS) is 11.8. The summed E-state index contributed by atoms with van der Waals surface area (Å²) in [6.07, 6.45) is 2.88. The zero-order chi connectivity index (χ0) is 12.7. The molecule has 1 unspecified atom stereocenters. The van der Waals surface area contributed by atoms with Crippen LogP contribution in [0.1, 0.15) is 12.0 Å². The van der Waals surface area contributed by atoms with Crippen molar-refractivity contribution < 1.29 is 4.21 Å². The van der Waals surface area contributed by atoms with Crippen molar-refractivity contribution in [3.8, 4) is 6.07 Å². The Morgan fingerprint density at radius 1 is 1.53 bits per heavy atom. The smallest absolute Gasteiger partial charge is 0.0670 e. The molecule has 0 aromatic heterocycles. The summed E-state index contributed by atoms with van der Waals surface area (Å²) >= 11 is 0. The van der Waals surface area contributed by atoms with Crippen LogP contribution in [0.4, 0.5) is 11.4 Å². The van der Waals surface area contributed by atoms with Gasteiger partial charge in [-0.1, -0.05) is 0 Å². The number of nitrogens with two attached hydrogens (primary N) is 1. The third-order valence-corrected chi connectivity index (χ3v) is 3.21. The van der Waals surface area contributed by atoms with Crippen molar-refractivity contribution >= 4 is 22.2 Å². The van der Waals surface area contributed by atoms with E-state index in [2.05, 4.69) is 11.4 Å². The molecule has 17 heavy (non-hydrogen) atoms. The fourth-order valence-electron chi connectivity index (χ4n) is 1.46. The SMILES string of the molecule is CS(=O)CCCNc1ccc(N)c(CC#N)c1. The van der Waals surface area contributed by atoms with Crippen molar-refractivity contribution in [2.45, 2.75) is 12.8 Å². The largest absolute Gasteiger partial charge is 0.398 e. The molecule has 0 fully saturated rings. The third kappa shape index (κ3) is 4.87. The maximum absolute atomic E-state index is 10.9. The molecule has 0 aliphatic heterocycles. The molecule has 0 radical (unpaired) electrons. The summed E-state index contributed by atoms with van der Waals surface area (Å²) in [4.78, 5) is 0. The van der Waals surface area contributed by atoms with Gasteiger partial charge in [-0.05, 0) is 30.2 Å². The summed E-state index contributed by atoms with van der Waals surface area (Å²) < 4.78 is 10.9. The van der Waals surface area contributed by atoms with Crippen molar-refractivity contribution in [3.05, 3.63) is 23.8 Å². The first-order valence-corrected chi connectivity index (χ1v) is 7.15. The van der Waals surface area contributed by atoms with Crippen LogP contribution in [0, 0.1) is 11.3 Å². The predicted octanol–water partition coefficient (Wildman–Crippen LogP) is 1.52. The second kappa shape index (κ2) is 6.92. The standard InChI is InChI=1S/C12H17N3OS/c1-17(16)8-2-7-15-11-3-4-12(14)10(9-11)5-6-13/h3-4,9,15H,2,5,7-8,14H2,1H3. The van der Waals surface area contributed by atoms with Gasteiger partial charge in [-0.2, -0.15) is 5.26 Å². The lowest BCUT2D eigenvalue weighted by atomic mass is 10.1. The van der Waals surface area contributed by atoms with E-state index in [1.54, 1.807) is 12.3 Å². The first-order valence-electron chi connectivity index (χ1n) is 5.42. The van der Waals surface area contributed by atoms with Crippen LogP contribution in [-0.2, 0) is 17.2 Å². The molecule has 1 rings (SSSR count). The molecule has 0 saturated heterocycles. The Kier molecular flexibility index (Phi) is 5.50. The van der Waals surface area contributed by atoms with Crippen molar-refractivity contribution in [2.24, 2.45) is 0 Å². The molecule has 0 spiro atoms. The zero-order valence-corrected chi connectivity index (χ0v) is 10.7. The van der Waals surface area contributed by atoms with E-state index in [0.29, 0.717) is 17.9 Å². The molecular formula is C12H17N3OS. The van der Waals surface area contributed by atoms with Crippen LogP contribution in [0.25, 0.3) is 0 Å². The number of hydrogen-bond acceptors (Lipinski definition) is 4. The van der Waals surface area contributed by atoms with Gasteiger partial charge in [0, 0.05) is 40.7 Å². The number of nitrogens with zero attached hydrogens (tertiary/aromatic N) is 1. The molecule has 0 heterocycles. The van der Waals surface area contributed by atoms with Gasteiger partial charge in [0.1, 0.15) is 0 Å².